The van der Waals surface area contributed by atoms with E-state index in [1.807, 2.05) is 43.3 Å². The predicted octanol–water partition coefficient (Wildman–Crippen LogP) is 3.90. The Morgan fingerprint density at radius 2 is 1.76 bits per heavy atom. The molecule has 1 aliphatic rings. The van der Waals surface area contributed by atoms with Crippen LogP contribution in [0.15, 0.2) is 53.4 Å². The predicted molar refractivity (Wildman–Crippen MR) is 100.0 cm³/mol. The van der Waals surface area contributed by atoms with Gasteiger partial charge in [0, 0.05) is 5.69 Å². The van der Waals surface area contributed by atoms with Crippen LogP contribution in [0.1, 0.15) is 18.1 Å². The van der Waals surface area contributed by atoms with Crippen molar-refractivity contribution in [1.82, 2.24) is 4.90 Å². The molecule has 0 aliphatic carbocycles. The summed E-state index contributed by atoms with van der Waals surface area (Å²) >= 11 is 0.956. The van der Waals surface area contributed by atoms with E-state index in [1.165, 1.54) is 4.90 Å². The molecule has 1 aliphatic heterocycles. The van der Waals surface area contributed by atoms with E-state index in [0.29, 0.717) is 17.2 Å². The molecule has 2 N–H and O–H groups in total. The van der Waals surface area contributed by atoms with Crippen molar-refractivity contribution < 1.29 is 14.3 Å². The van der Waals surface area contributed by atoms with E-state index in [9.17, 15) is 9.59 Å². The number of carbonyl (C=O) groups excluding carboxylic acids is 2. The molecule has 0 saturated carbocycles. The van der Waals surface area contributed by atoms with Gasteiger partial charge in [-0.15, -0.1) is 0 Å². The maximum atomic E-state index is 12.5. The molecule has 2 amide bonds. The Bertz CT molecular complexity index is 814. The number of carbonyl (C=O) groups is 2. The third-order valence-electron chi connectivity index (χ3n) is 3.68. The molecule has 0 unspecified atom stereocenters. The molecular formula is C19H18N2O3S. The van der Waals surface area contributed by atoms with Crippen LogP contribution < -0.4 is 10.5 Å². The van der Waals surface area contributed by atoms with Crippen LogP contribution in [0.2, 0.25) is 0 Å². The summed E-state index contributed by atoms with van der Waals surface area (Å²) in [7, 11) is 0. The normalized spacial score (nSPS) is 15.9. The number of amides is 2. The Morgan fingerprint density at radius 3 is 2.40 bits per heavy atom. The highest BCUT2D eigenvalue weighted by Gasteiger charge is 2.34. The van der Waals surface area contributed by atoms with Gasteiger partial charge < -0.3 is 10.5 Å². The van der Waals surface area contributed by atoms with Crippen molar-refractivity contribution in [3.05, 3.63) is 64.6 Å². The smallest absolute Gasteiger partial charge is 0.293 e. The summed E-state index contributed by atoms with van der Waals surface area (Å²) in [5.41, 5.74) is 8.01. The molecule has 128 valence electrons. The molecule has 3 rings (SSSR count). The van der Waals surface area contributed by atoms with Crippen molar-refractivity contribution in [2.24, 2.45) is 0 Å². The van der Waals surface area contributed by atoms with Crippen molar-refractivity contribution in [1.29, 1.82) is 0 Å². The highest BCUT2D eigenvalue weighted by Crippen LogP contribution is 2.33. The summed E-state index contributed by atoms with van der Waals surface area (Å²) in [6.45, 7) is 2.76. The number of thioether (sulfide) groups is 1. The lowest BCUT2D eigenvalue weighted by Crippen LogP contribution is -2.27. The number of anilines is 1. The molecule has 0 radical (unpaired) electrons. The van der Waals surface area contributed by atoms with Gasteiger partial charge in [-0.25, -0.2) is 0 Å². The van der Waals surface area contributed by atoms with E-state index in [2.05, 4.69) is 0 Å². The number of nitrogens with zero attached hydrogens (tertiary/aromatic N) is 1. The van der Waals surface area contributed by atoms with Crippen molar-refractivity contribution in [3.8, 4) is 5.75 Å². The fourth-order valence-corrected chi connectivity index (χ4v) is 3.26. The number of nitrogen functional groups attached to an aromatic ring is 1. The summed E-state index contributed by atoms with van der Waals surface area (Å²) in [6.07, 6.45) is 1.73. The van der Waals surface area contributed by atoms with Gasteiger partial charge in [0.2, 0.25) is 0 Å². The third-order valence-corrected chi connectivity index (χ3v) is 4.59. The Morgan fingerprint density at radius 1 is 1.08 bits per heavy atom. The number of imide groups is 1. The zero-order valence-corrected chi connectivity index (χ0v) is 14.6. The molecule has 5 nitrogen and oxygen atoms in total. The Balaban J connectivity index is 1.74. The van der Waals surface area contributed by atoms with E-state index >= 15 is 0 Å². The molecule has 0 spiro atoms. The summed E-state index contributed by atoms with van der Waals surface area (Å²) in [5.74, 6) is 0.497. The second-order valence-corrected chi connectivity index (χ2v) is 6.50. The van der Waals surface area contributed by atoms with Gasteiger partial charge in [0.25, 0.3) is 11.1 Å². The Hall–Kier alpha value is -2.73. The van der Waals surface area contributed by atoms with Crippen LogP contribution in [0.4, 0.5) is 10.5 Å². The van der Waals surface area contributed by atoms with Crippen molar-refractivity contribution in [2.75, 3.05) is 12.3 Å². The first kappa shape index (κ1) is 17.1. The van der Waals surface area contributed by atoms with E-state index < -0.39 is 0 Å². The van der Waals surface area contributed by atoms with Crippen LogP contribution in [0.25, 0.3) is 6.08 Å². The first-order chi connectivity index (χ1) is 12.1. The summed E-state index contributed by atoms with van der Waals surface area (Å²) < 4.78 is 5.40. The van der Waals surface area contributed by atoms with E-state index in [-0.39, 0.29) is 17.7 Å². The average Bonchev–Trinajstić information content (AvgIpc) is 2.86. The standard InChI is InChI=1S/C19H18N2O3S/c1-2-24-16-9-5-13(6-10-16)11-17-18(22)21(19(23)25-17)12-14-3-7-15(20)8-4-14/h3-11H,2,12,20H2,1H3. The summed E-state index contributed by atoms with van der Waals surface area (Å²) in [4.78, 5) is 26.4. The van der Waals surface area contributed by atoms with Crippen molar-refractivity contribution in [2.45, 2.75) is 13.5 Å². The van der Waals surface area contributed by atoms with Gasteiger partial charge in [0.15, 0.2) is 0 Å². The first-order valence-corrected chi connectivity index (χ1v) is 8.71. The number of hydrogen-bond acceptors (Lipinski definition) is 5. The fraction of sp³-hybridized carbons (Fsp3) is 0.158. The van der Waals surface area contributed by atoms with E-state index in [4.69, 9.17) is 10.5 Å². The molecule has 25 heavy (non-hydrogen) atoms. The van der Waals surface area contributed by atoms with Gasteiger partial charge in [-0.3, -0.25) is 14.5 Å². The molecule has 1 saturated heterocycles. The molecule has 2 aromatic carbocycles. The van der Waals surface area contributed by atoms with Crippen LogP contribution in [0.3, 0.4) is 0 Å². The number of ether oxygens (including phenoxy) is 1. The number of rotatable bonds is 5. The minimum atomic E-state index is -0.277. The highest BCUT2D eigenvalue weighted by atomic mass is 32.2. The number of hydrogen-bond donors (Lipinski definition) is 1. The highest BCUT2D eigenvalue weighted by molar-refractivity contribution is 8.18. The molecule has 0 aromatic heterocycles. The lowest BCUT2D eigenvalue weighted by molar-refractivity contribution is -0.123. The fourth-order valence-electron chi connectivity index (χ4n) is 2.42. The average molecular weight is 354 g/mol. The van der Waals surface area contributed by atoms with Crippen molar-refractivity contribution >= 4 is 34.7 Å². The lowest BCUT2D eigenvalue weighted by Gasteiger charge is -2.12. The van der Waals surface area contributed by atoms with Gasteiger partial charge in [0.1, 0.15) is 5.75 Å². The third kappa shape index (κ3) is 4.03. The molecule has 1 heterocycles. The van der Waals surface area contributed by atoms with Gasteiger partial charge in [-0.05, 0) is 60.2 Å². The maximum Gasteiger partial charge on any atom is 0.293 e. The van der Waals surface area contributed by atoms with E-state index in [1.54, 1.807) is 18.2 Å². The number of benzene rings is 2. The molecule has 0 atom stereocenters. The van der Waals surface area contributed by atoms with Crippen LogP contribution in [0, 0.1) is 0 Å². The molecule has 2 aromatic rings. The zero-order chi connectivity index (χ0) is 17.8. The largest absolute Gasteiger partial charge is 0.494 e. The lowest BCUT2D eigenvalue weighted by atomic mass is 10.2. The van der Waals surface area contributed by atoms with Crippen LogP contribution >= 0.6 is 11.8 Å². The molecule has 1 fully saturated rings. The van der Waals surface area contributed by atoms with Gasteiger partial charge in [-0.1, -0.05) is 24.3 Å². The number of nitrogens with two attached hydrogens (primary N) is 1. The Kier molecular flexibility index (Phi) is 5.09. The topological polar surface area (TPSA) is 72.6 Å². The van der Waals surface area contributed by atoms with Gasteiger partial charge in [0.05, 0.1) is 18.1 Å². The summed E-state index contributed by atoms with van der Waals surface area (Å²) in [5, 5.41) is -0.265. The van der Waals surface area contributed by atoms with Crippen LogP contribution in [-0.4, -0.2) is 22.7 Å². The van der Waals surface area contributed by atoms with Gasteiger partial charge in [-0.2, -0.15) is 0 Å². The zero-order valence-electron chi connectivity index (χ0n) is 13.8. The van der Waals surface area contributed by atoms with E-state index in [0.717, 1.165) is 28.6 Å². The van der Waals surface area contributed by atoms with Crippen molar-refractivity contribution in [3.63, 3.8) is 0 Å². The van der Waals surface area contributed by atoms with Crippen LogP contribution in [-0.2, 0) is 11.3 Å². The first-order valence-electron chi connectivity index (χ1n) is 7.89. The molecule has 0 bridgehead atoms. The maximum absolute atomic E-state index is 12.5. The second-order valence-electron chi connectivity index (χ2n) is 5.51. The quantitative estimate of drug-likeness (QED) is 0.651. The SMILES string of the molecule is CCOc1ccc(C=C2SC(=O)N(Cc3ccc(N)cc3)C2=O)cc1. The monoisotopic (exact) mass is 354 g/mol. The Labute approximate surface area is 150 Å². The second kappa shape index (κ2) is 7.44. The minimum Gasteiger partial charge on any atom is -0.494 e. The molecule has 6 heteroatoms. The van der Waals surface area contributed by atoms with Crippen LogP contribution in [0.5, 0.6) is 5.75 Å². The molecular weight excluding hydrogens is 336 g/mol. The minimum absolute atomic E-state index is 0.242. The van der Waals surface area contributed by atoms with Gasteiger partial charge >= 0.3 is 0 Å². The summed E-state index contributed by atoms with van der Waals surface area (Å²) in [6, 6.07) is 14.5.